The van der Waals surface area contributed by atoms with Crippen LogP contribution >= 0.6 is 0 Å². The van der Waals surface area contributed by atoms with Crippen LogP contribution in [0.5, 0.6) is 0 Å². The number of hydrogen-bond acceptors (Lipinski definition) is 5. The Bertz CT molecular complexity index is 1250. The lowest BCUT2D eigenvalue weighted by molar-refractivity contribution is -0.151. The van der Waals surface area contributed by atoms with Gasteiger partial charge < -0.3 is 20.3 Å². The third-order valence-electron chi connectivity index (χ3n) is 12.0. The quantitative estimate of drug-likeness (QED) is 0.0245. The standard InChI is InChI=1S/C59H103NO5/c1-4-7-10-13-16-19-22-25-27-29-31-34-37-40-43-46-49-52-59(64)65-55(50-47-44-41-38-35-32-24-21-18-15-12-9-6-3)53-58(63)60-56(54-61)57(62)51-48-45-42-39-36-33-30-28-26-23-20-17-14-11-8-5-2/h9,12,15-16,18-19,21,24-25,27,31,34,40,43,55-57,61-62H,4-8,10-11,13-14,17,20,22-23,26,28-30,32-33,35-39,41-42,44-54H2,1-3H3,(H,60,63)/b12-9+,18-15+,19-16-,24-21+,27-25-,34-31-,43-40-. The van der Waals surface area contributed by atoms with Crippen molar-refractivity contribution in [2.24, 2.45) is 0 Å². The molecule has 374 valence electrons. The predicted molar refractivity (Wildman–Crippen MR) is 282 cm³/mol. The highest BCUT2D eigenvalue weighted by Gasteiger charge is 2.24. The van der Waals surface area contributed by atoms with Crippen LogP contribution in [-0.4, -0.2) is 46.9 Å². The van der Waals surface area contributed by atoms with Gasteiger partial charge in [-0.3, -0.25) is 9.59 Å². The number of unbranched alkanes of at least 4 members (excludes halogenated alkanes) is 24. The third kappa shape index (κ3) is 47.3. The van der Waals surface area contributed by atoms with Crippen LogP contribution < -0.4 is 5.32 Å². The van der Waals surface area contributed by atoms with Crippen LogP contribution in [0, 0.1) is 0 Å². The van der Waals surface area contributed by atoms with Gasteiger partial charge in [-0.15, -0.1) is 0 Å². The number of aliphatic hydroxyl groups is 2. The molecule has 3 atom stereocenters. The highest BCUT2D eigenvalue weighted by molar-refractivity contribution is 5.77. The molecule has 0 heterocycles. The van der Waals surface area contributed by atoms with Crippen molar-refractivity contribution in [2.45, 2.75) is 270 Å². The van der Waals surface area contributed by atoms with E-state index < -0.39 is 18.2 Å². The maximum atomic E-state index is 13.2. The summed E-state index contributed by atoms with van der Waals surface area (Å²) in [5.74, 6) is -0.563. The molecule has 0 spiro atoms. The van der Waals surface area contributed by atoms with Crippen LogP contribution in [0.4, 0.5) is 0 Å². The Morgan fingerprint density at radius 1 is 0.477 bits per heavy atom. The zero-order chi connectivity index (χ0) is 47.4. The number of hydrogen-bond donors (Lipinski definition) is 3. The molecule has 65 heavy (non-hydrogen) atoms. The number of allylic oxidation sites excluding steroid dienone is 14. The van der Waals surface area contributed by atoms with Crippen molar-refractivity contribution >= 4 is 11.9 Å². The highest BCUT2D eigenvalue weighted by atomic mass is 16.5. The van der Waals surface area contributed by atoms with Crippen molar-refractivity contribution < 1.29 is 24.5 Å². The summed E-state index contributed by atoms with van der Waals surface area (Å²) in [4.78, 5) is 26.2. The van der Waals surface area contributed by atoms with Gasteiger partial charge in [-0.2, -0.15) is 0 Å². The first-order valence-electron chi connectivity index (χ1n) is 27.3. The van der Waals surface area contributed by atoms with Gasteiger partial charge in [-0.25, -0.2) is 0 Å². The summed E-state index contributed by atoms with van der Waals surface area (Å²) >= 11 is 0. The number of carbonyl (C=O) groups is 2. The number of nitrogens with one attached hydrogen (secondary N) is 1. The topological polar surface area (TPSA) is 95.9 Å². The minimum absolute atomic E-state index is 0.0386. The van der Waals surface area contributed by atoms with Crippen molar-refractivity contribution in [2.75, 3.05) is 6.61 Å². The zero-order valence-corrected chi connectivity index (χ0v) is 42.6. The van der Waals surface area contributed by atoms with E-state index >= 15 is 0 Å². The predicted octanol–water partition coefficient (Wildman–Crippen LogP) is 16.7. The number of amides is 1. The molecule has 0 bridgehead atoms. The van der Waals surface area contributed by atoms with E-state index in [9.17, 15) is 19.8 Å². The molecule has 6 heteroatoms. The minimum atomic E-state index is -0.807. The zero-order valence-electron chi connectivity index (χ0n) is 42.6. The summed E-state index contributed by atoms with van der Waals surface area (Å²) in [7, 11) is 0. The molecule has 6 nitrogen and oxygen atoms in total. The van der Waals surface area contributed by atoms with Gasteiger partial charge in [0.25, 0.3) is 0 Å². The van der Waals surface area contributed by atoms with Crippen LogP contribution in [0.2, 0.25) is 0 Å². The molecular formula is C59H103NO5. The molecule has 0 radical (unpaired) electrons. The van der Waals surface area contributed by atoms with Crippen molar-refractivity contribution in [3.63, 3.8) is 0 Å². The van der Waals surface area contributed by atoms with E-state index in [4.69, 9.17) is 4.74 Å². The molecule has 0 fully saturated rings. The van der Waals surface area contributed by atoms with Crippen molar-refractivity contribution in [1.29, 1.82) is 0 Å². The van der Waals surface area contributed by atoms with Gasteiger partial charge in [-0.1, -0.05) is 241 Å². The van der Waals surface area contributed by atoms with Gasteiger partial charge in [0, 0.05) is 6.42 Å². The van der Waals surface area contributed by atoms with Gasteiger partial charge in [0.2, 0.25) is 5.91 Å². The largest absolute Gasteiger partial charge is 0.462 e. The summed E-state index contributed by atoms with van der Waals surface area (Å²) in [6.07, 6.45) is 67.9. The third-order valence-corrected chi connectivity index (χ3v) is 12.0. The van der Waals surface area contributed by atoms with Gasteiger partial charge in [0.15, 0.2) is 0 Å². The molecule has 3 N–H and O–H groups in total. The molecule has 0 aliphatic carbocycles. The first kappa shape index (κ1) is 62.0. The Balaban J connectivity index is 4.65. The molecule has 0 aromatic heterocycles. The van der Waals surface area contributed by atoms with Crippen molar-refractivity contribution in [3.05, 3.63) is 85.1 Å². The lowest BCUT2D eigenvalue weighted by atomic mass is 10.0. The summed E-state index contributed by atoms with van der Waals surface area (Å²) in [6.45, 7) is 6.32. The molecule has 0 aromatic carbocycles. The molecule has 0 aromatic rings. The summed E-state index contributed by atoms with van der Waals surface area (Å²) in [5, 5.41) is 23.8. The van der Waals surface area contributed by atoms with Crippen molar-refractivity contribution in [3.8, 4) is 0 Å². The smallest absolute Gasteiger partial charge is 0.306 e. The molecule has 1 amide bonds. The van der Waals surface area contributed by atoms with Gasteiger partial charge >= 0.3 is 5.97 Å². The second-order valence-electron chi connectivity index (χ2n) is 18.3. The van der Waals surface area contributed by atoms with Crippen LogP contribution in [0.25, 0.3) is 0 Å². The average Bonchev–Trinajstić information content (AvgIpc) is 3.30. The molecular weight excluding hydrogens is 803 g/mol. The molecule has 0 aliphatic rings. The fourth-order valence-electron chi connectivity index (χ4n) is 7.89. The number of rotatable bonds is 48. The Hall–Kier alpha value is -2.96. The van der Waals surface area contributed by atoms with Crippen LogP contribution in [-0.2, 0) is 14.3 Å². The molecule has 0 saturated carbocycles. The van der Waals surface area contributed by atoms with E-state index in [0.29, 0.717) is 25.7 Å². The first-order chi connectivity index (χ1) is 32.0. The summed E-state index contributed by atoms with van der Waals surface area (Å²) < 4.78 is 5.91. The van der Waals surface area contributed by atoms with E-state index in [1.165, 1.54) is 109 Å². The minimum Gasteiger partial charge on any atom is -0.462 e. The Kier molecular flexibility index (Phi) is 49.6. The Morgan fingerprint density at radius 2 is 0.892 bits per heavy atom. The Labute approximate surface area is 402 Å². The monoisotopic (exact) mass is 906 g/mol. The average molecular weight is 906 g/mol. The van der Waals surface area contributed by atoms with E-state index in [-0.39, 0.29) is 24.9 Å². The fourth-order valence-corrected chi connectivity index (χ4v) is 7.89. The van der Waals surface area contributed by atoms with E-state index in [2.05, 4.69) is 111 Å². The van der Waals surface area contributed by atoms with E-state index in [1.807, 2.05) is 0 Å². The van der Waals surface area contributed by atoms with Gasteiger partial charge in [0.1, 0.15) is 6.10 Å². The van der Waals surface area contributed by atoms with Gasteiger partial charge in [0.05, 0.1) is 25.2 Å². The fraction of sp³-hybridized carbons (Fsp3) is 0.729. The van der Waals surface area contributed by atoms with E-state index in [1.54, 1.807) is 0 Å². The maximum absolute atomic E-state index is 13.2. The molecule has 3 unspecified atom stereocenters. The normalized spacial score (nSPS) is 13.9. The lowest BCUT2D eigenvalue weighted by Gasteiger charge is -2.24. The Morgan fingerprint density at radius 3 is 1.42 bits per heavy atom. The summed E-state index contributed by atoms with van der Waals surface area (Å²) in [5.41, 5.74) is 0. The molecule has 0 aliphatic heterocycles. The first-order valence-corrected chi connectivity index (χ1v) is 27.3. The van der Waals surface area contributed by atoms with E-state index in [0.717, 1.165) is 89.9 Å². The summed E-state index contributed by atoms with van der Waals surface area (Å²) in [6, 6.07) is -0.724. The second-order valence-corrected chi connectivity index (χ2v) is 18.3. The number of esters is 1. The van der Waals surface area contributed by atoms with Gasteiger partial charge in [-0.05, 0) is 83.5 Å². The number of ether oxygens (including phenoxy) is 1. The molecule has 0 rings (SSSR count). The molecule has 0 saturated heterocycles. The maximum Gasteiger partial charge on any atom is 0.306 e. The highest BCUT2D eigenvalue weighted by Crippen LogP contribution is 2.17. The lowest BCUT2D eigenvalue weighted by Crippen LogP contribution is -2.46. The SMILES string of the molecule is CC/C=C/C=C/C=C/CCCCCCCC(CC(=O)NC(CO)C(O)CCCCCCCCCCCCCCCCCC)OC(=O)CCC/C=C\C/C=C\C/C=C\C/C=C\CCCCC. The second kappa shape index (κ2) is 52.0. The number of aliphatic hydroxyl groups excluding tert-OH is 2. The van der Waals surface area contributed by atoms with Crippen LogP contribution in [0.1, 0.15) is 252 Å². The van der Waals surface area contributed by atoms with Crippen LogP contribution in [0.3, 0.4) is 0 Å². The van der Waals surface area contributed by atoms with Crippen molar-refractivity contribution in [1.82, 2.24) is 5.32 Å². The number of carbonyl (C=O) groups excluding carboxylic acids is 2. The van der Waals surface area contributed by atoms with Crippen LogP contribution in [0.15, 0.2) is 85.1 Å².